The second-order valence-electron chi connectivity index (χ2n) is 11.8. The van der Waals surface area contributed by atoms with Crippen molar-refractivity contribution in [2.24, 2.45) is 0 Å². The molecule has 0 fully saturated rings. The summed E-state index contributed by atoms with van der Waals surface area (Å²) in [5.41, 5.74) is 9.98. The zero-order valence-electron chi connectivity index (χ0n) is 22.7. The van der Waals surface area contributed by atoms with E-state index in [2.05, 4.69) is 160 Å². The van der Waals surface area contributed by atoms with Crippen molar-refractivity contribution in [3.8, 4) is 0 Å². The van der Waals surface area contributed by atoms with E-state index in [1.807, 2.05) is 6.20 Å². The second-order valence-corrected chi connectivity index (χ2v) is 15.8. The molecule has 0 bridgehead atoms. The maximum absolute atomic E-state index is 4.48. The molecule has 2 unspecified atom stereocenters. The van der Waals surface area contributed by atoms with Gasteiger partial charge in [-0.25, -0.2) is 5.43 Å². The van der Waals surface area contributed by atoms with Gasteiger partial charge < -0.3 is 0 Å². The average molecular weight is 510 g/mol. The van der Waals surface area contributed by atoms with Crippen molar-refractivity contribution in [2.75, 3.05) is 0 Å². The minimum atomic E-state index is -0.746. The van der Waals surface area contributed by atoms with Gasteiger partial charge >= 0.3 is 0 Å². The van der Waals surface area contributed by atoms with Crippen LogP contribution in [0.4, 0.5) is 11.4 Å². The average Bonchev–Trinajstić information content (AvgIpc) is 3.52. The van der Waals surface area contributed by atoms with Crippen molar-refractivity contribution >= 4 is 25.0 Å². The van der Waals surface area contributed by atoms with E-state index in [1.54, 1.807) is 0 Å². The summed E-state index contributed by atoms with van der Waals surface area (Å²) in [6.07, 6.45) is 6.58. The number of rotatable bonds is 5. The van der Waals surface area contributed by atoms with E-state index in [1.165, 1.54) is 16.8 Å². The van der Waals surface area contributed by atoms with Crippen LogP contribution in [-0.2, 0) is 5.28 Å². The van der Waals surface area contributed by atoms with Crippen molar-refractivity contribution in [3.05, 3.63) is 121 Å². The Hall–Kier alpha value is -3.20. The Morgan fingerprint density at radius 2 is 1.24 bits per heavy atom. The number of hydrogen-bond acceptors (Lipinski definition) is 2. The Bertz CT molecular complexity index is 1340. The van der Waals surface area contributed by atoms with Gasteiger partial charge in [0.25, 0.3) is 0 Å². The summed E-state index contributed by atoms with van der Waals surface area (Å²) < 4.78 is 0.429. The summed E-state index contributed by atoms with van der Waals surface area (Å²) in [7, 11) is -0.746. The summed E-state index contributed by atoms with van der Waals surface area (Å²) in [5.74, 6) is 0. The lowest BCUT2D eigenvalue weighted by Gasteiger charge is -2.56. The molecular formula is C32H38N4P+. The Morgan fingerprint density at radius 3 is 1.76 bits per heavy atom. The summed E-state index contributed by atoms with van der Waals surface area (Å²) in [4.78, 5) is 0. The van der Waals surface area contributed by atoms with Crippen molar-refractivity contribution in [2.45, 2.75) is 57.1 Å². The molecule has 190 valence electrons. The lowest BCUT2D eigenvalue weighted by Crippen LogP contribution is -2.64. The summed E-state index contributed by atoms with van der Waals surface area (Å²) in [6.45, 7) is 14.5. The fraction of sp³-hybridized carbons (Fsp3) is 0.281. The van der Waals surface area contributed by atoms with Gasteiger partial charge in [0, 0.05) is 29.3 Å². The number of para-hydroxylation sites is 1. The Kier molecular flexibility index (Phi) is 6.38. The van der Waals surface area contributed by atoms with E-state index in [9.17, 15) is 0 Å². The van der Waals surface area contributed by atoms with E-state index in [4.69, 9.17) is 0 Å². The third-order valence-electron chi connectivity index (χ3n) is 7.13. The van der Waals surface area contributed by atoms with Gasteiger partial charge in [0.1, 0.15) is 6.20 Å². The predicted molar refractivity (Wildman–Crippen MR) is 159 cm³/mol. The molecule has 0 saturated heterocycles. The topological polar surface area (TPSA) is 40.7 Å². The molecule has 3 aromatic carbocycles. The first-order valence-corrected chi connectivity index (χ1v) is 14.3. The van der Waals surface area contributed by atoms with Gasteiger partial charge in [-0.3, -0.25) is 5.10 Å². The molecule has 5 rings (SSSR count). The smallest absolute Gasteiger partial charge is 0.201 e. The minimum absolute atomic E-state index is 0.0236. The molecule has 4 aromatic rings. The highest BCUT2D eigenvalue weighted by Gasteiger charge is 2.68. The number of aromatic nitrogens is 2. The third-order valence-corrected chi connectivity index (χ3v) is 11.2. The molecule has 2 N–H and O–H groups in total. The maximum atomic E-state index is 4.48. The number of benzene rings is 3. The maximum Gasteiger partial charge on any atom is 0.201 e. The van der Waals surface area contributed by atoms with Crippen LogP contribution in [0, 0.1) is 0 Å². The number of H-pyrrole nitrogens is 1. The van der Waals surface area contributed by atoms with E-state index in [0.717, 1.165) is 11.4 Å². The highest BCUT2D eigenvalue weighted by Crippen LogP contribution is 2.77. The predicted octanol–water partition coefficient (Wildman–Crippen LogP) is 8.54. The zero-order valence-corrected chi connectivity index (χ0v) is 23.6. The summed E-state index contributed by atoms with van der Waals surface area (Å²) >= 11 is 0. The minimum Gasteiger partial charge on any atom is -0.279 e. The van der Waals surface area contributed by atoms with Crippen LogP contribution in [-0.4, -0.2) is 20.5 Å². The molecule has 37 heavy (non-hydrogen) atoms. The van der Waals surface area contributed by atoms with Crippen molar-refractivity contribution in [3.63, 3.8) is 0 Å². The first kappa shape index (κ1) is 25.4. The molecule has 0 amide bonds. The fourth-order valence-corrected chi connectivity index (χ4v) is 11.8. The van der Waals surface area contributed by atoms with Crippen LogP contribution in [0.3, 0.4) is 0 Å². The van der Waals surface area contributed by atoms with Crippen LogP contribution in [0.15, 0.2) is 109 Å². The number of nitrogens with zero attached hydrogens (tertiary/aromatic N) is 2. The molecule has 2 heterocycles. The molecule has 5 heteroatoms. The molecule has 0 spiro atoms. The molecule has 0 radical (unpaired) electrons. The molecule has 1 aromatic heterocycles. The lowest BCUT2D eigenvalue weighted by atomic mass is 10.0. The molecule has 0 saturated carbocycles. The molecule has 1 aliphatic rings. The van der Waals surface area contributed by atoms with Gasteiger partial charge in [0.15, 0.2) is 11.0 Å². The van der Waals surface area contributed by atoms with E-state index < -0.39 is 13.2 Å². The monoisotopic (exact) mass is 509 g/mol. The number of quaternary nitrogens is 1. The van der Waals surface area contributed by atoms with Crippen LogP contribution in [0.1, 0.15) is 52.7 Å². The Morgan fingerprint density at radius 1 is 0.703 bits per heavy atom. The van der Waals surface area contributed by atoms with Crippen LogP contribution in [0.25, 0.3) is 5.70 Å². The molecule has 2 atom stereocenters. The first-order valence-electron chi connectivity index (χ1n) is 13.0. The fourth-order valence-electron chi connectivity index (χ4n) is 6.45. The van der Waals surface area contributed by atoms with Crippen molar-refractivity contribution in [1.82, 2.24) is 20.2 Å². The van der Waals surface area contributed by atoms with Crippen LogP contribution in [0.5, 0.6) is 0 Å². The van der Waals surface area contributed by atoms with Crippen LogP contribution < -0.4 is 10.0 Å². The Labute approximate surface area is 222 Å². The van der Waals surface area contributed by atoms with Gasteiger partial charge in [-0.1, -0.05) is 120 Å². The van der Waals surface area contributed by atoms with E-state index in [0.29, 0.717) is 4.59 Å². The standard InChI is InChI=1S/C32H38N4P/c1-30(2,3)37(31(4,5)6)32(26-18-12-8-13-19-26)22-29(25-16-10-7-11-17-25)35-36(32,28-23-33-34-24-28)27-20-14-9-15-21-27/h7-24,35H,1-6H3,(H,33,34)/q+1. The van der Waals surface area contributed by atoms with Crippen LogP contribution >= 0.6 is 7.92 Å². The highest BCUT2D eigenvalue weighted by atomic mass is 31.1. The number of nitrogens with one attached hydrogen (secondary N) is 2. The van der Waals surface area contributed by atoms with Gasteiger partial charge in [0.2, 0.25) is 5.69 Å². The van der Waals surface area contributed by atoms with Crippen LogP contribution in [0.2, 0.25) is 0 Å². The highest BCUT2D eigenvalue weighted by molar-refractivity contribution is 7.62. The quantitative estimate of drug-likeness (QED) is 0.209. The second kappa shape index (κ2) is 9.28. The van der Waals surface area contributed by atoms with Crippen molar-refractivity contribution < 1.29 is 0 Å². The van der Waals surface area contributed by atoms with Gasteiger partial charge in [-0.15, -0.1) is 4.59 Å². The van der Waals surface area contributed by atoms with E-state index >= 15 is 0 Å². The largest absolute Gasteiger partial charge is 0.279 e. The molecule has 4 nitrogen and oxygen atoms in total. The molecular weight excluding hydrogens is 471 g/mol. The van der Waals surface area contributed by atoms with Crippen molar-refractivity contribution in [1.29, 1.82) is 0 Å². The number of aromatic amines is 1. The van der Waals surface area contributed by atoms with Gasteiger partial charge in [0.05, 0.1) is 11.9 Å². The third kappa shape index (κ3) is 4.13. The molecule has 0 aliphatic carbocycles. The summed E-state index contributed by atoms with van der Waals surface area (Å²) in [5, 5.41) is 7.23. The molecule has 1 aliphatic heterocycles. The normalized spacial score (nSPS) is 22.1. The SMILES string of the molecule is CC(C)(C)P(C(C)(C)C)C1(c2ccccc2)C=C(c2ccccc2)N[N+]1(c1ccccc1)c1cn[nH]c1. The Balaban J connectivity index is 2.00. The lowest BCUT2D eigenvalue weighted by molar-refractivity contribution is 0.267. The van der Waals surface area contributed by atoms with Gasteiger partial charge in [-0.05, 0) is 18.2 Å². The first-order chi connectivity index (χ1) is 17.6. The number of hydrogen-bond donors (Lipinski definition) is 2. The van der Waals surface area contributed by atoms with E-state index in [-0.39, 0.29) is 10.3 Å². The zero-order chi connectivity index (χ0) is 26.3. The summed E-state index contributed by atoms with van der Waals surface area (Å²) in [6, 6.07) is 32.7. The van der Waals surface area contributed by atoms with Gasteiger partial charge in [-0.2, -0.15) is 5.10 Å².